The van der Waals surface area contributed by atoms with E-state index in [-0.39, 0.29) is 5.56 Å². The van der Waals surface area contributed by atoms with Gasteiger partial charge in [0.1, 0.15) is 6.07 Å². The van der Waals surface area contributed by atoms with Crippen molar-refractivity contribution >= 4 is 5.78 Å². The van der Waals surface area contributed by atoms with Crippen molar-refractivity contribution in [1.82, 2.24) is 0 Å². The molecule has 1 rings (SSSR count). The van der Waals surface area contributed by atoms with E-state index in [1.807, 2.05) is 0 Å². The zero-order valence-electron chi connectivity index (χ0n) is 8.64. The molecule has 0 saturated heterocycles. The van der Waals surface area contributed by atoms with Gasteiger partial charge in [-0.1, -0.05) is 12.1 Å². The number of Topliss-reactive ketones (excluding diaryl/α,β-unsaturated/α-hetero) is 1. The second-order valence-corrected chi connectivity index (χ2v) is 3.35. The van der Waals surface area contributed by atoms with Gasteiger partial charge in [0.2, 0.25) is 0 Å². The number of nitrogens with zero attached hydrogens (tertiary/aromatic N) is 1. The van der Waals surface area contributed by atoms with Crippen LogP contribution in [0.2, 0.25) is 0 Å². The number of carbonyl (C=O) groups excluding carboxylic acids is 1. The lowest BCUT2D eigenvalue weighted by Gasteiger charge is -2.14. The minimum Gasteiger partial charge on any atom is -0.294 e. The van der Waals surface area contributed by atoms with E-state index in [1.165, 1.54) is 19.1 Å². The van der Waals surface area contributed by atoms with Crippen molar-refractivity contribution in [3.05, 3.63) is 34.4 Å². The topological polar surface area (TPSA) is 40.9 Å². The molecular formula is C11H8F3NO. The monoisotopic (exact) mass is 227 g/mol. The summed E-state index contributed by atoms with van der Waals surface area (Å²) < 4.78 is 38.2. The third-order valence-electron chi connectivity index (χ3n) is 2.19. The molecule has 0 saturated carbocycles. The van der Waals surface area contributed by atoms with E-state index < -0.39 is 28.6 Å². The van der Waals surface area contributed by atoms with Crippen LogP contribution in [0, 0.1) is 18.3 Å². The molecule has 0 aliphatic heterocycles. The quantitative estimate of drug-likeness (QED) is 0.691. The molecule has 1 aromatic rings. The Kier molecular flexibility index (Phi) is 3.04. The van der Waals surface area contributed by atoms with Gasteiger partial charge < -0.3 is 0 Å². The SMILES string of the molecule is CC(=O)c1ccc(C)c(C#N)c1C(F)(F)F. The number of halogens is 3. The first kappa shape index (κ1) is 12.2. The van der Waals surface area contributed by atoms with Gasteiger partial charge in [-0.05, 0) is 19.4 Å². The highest BCUT2D eigenvalue weighted by Crippen LogP contribution is 2.35. The molecule has 0 heterocycles. The van der Waals surface area contributed by atoms with Gasteiger partial charge in [0.15, 0.2) is 5.78 Å². The van der Waals surface area contributed by atoms with Gasteiger partial charge in [-0.25, -0.2) is 0 Å². The highest BCUT2D eigenvalue weighted by Gasteiger charge is 2.37. The normalized spacial score (nSPS) is 11.0. The lowest BCUT2D eigenvalue weighted by Crippen LogP contribution is -2.15. The molecule has 84 valence electrons. The smallest absolute Gasteiger partial charge is 0.294 e. The van der Waals surface area contributed by atoms with Crippen LogP contribution in [0.3, 0.4) is 0 Å². The maximum absolute atomic E-state index is 12.7. The molecule has 5 heteroatoms. The average Bonchev–Trinajstić information content (AvgIpc) is 2.15. The van der Waals surface area contributed by atoms with Crippen molar-refractivity contribution in [2.75, 3.05) is 0 Å². The average molecular weight is 227 g/mol. The second kappa shape index (κ2) is 3.97. The summed E-state index contributed by atoms with van der Waals surface area (Å²) in [7, 11) is 0. The molecule has 0 N–H and O–H groups in total. The standard InChI is InChI=1S/C11H8F3NO/c1-6-3-4-8(7(2)16)10(9(6)5-15)11(12,13)14/h3-4H,1-2H3. The molecule has 0 unspecified atom stereocenters. The number of hydrogen-bond acceptors (Lipinski definition) is 2. The molecule has 0 bridgehead atoms. The molecule has 2 nitrogen and oxygen atoms in total. The lowest BCUT2D eigenvalue weighted by atomic mass is 9.95. The second-order valence-electron chi connectivity index (χ2n) is 3.35. The molecule has 0 fully saturated rings. The van der Waals surface area contributed by atoms with Gasteiger partial charge in [-0.3, -0.25) is 4.79 Å². The van der Waals surface area contributed by atoms with Gasteiger partial charge in [-0.15, -0.1) is 0 Å². The number of carbonyl (C=O) groups is 1. The van der Waals surface area contributed by atoms with Gasteiger partial charge in [0, 0.05) is 5.56 Å². The number of alkyl halides is 3. The summed E-state index contributed by atoms with van der Waals surface area (Å²) in [6, 6.07) is 3.93. The van der Waals surface area contributed by atoms with Crippen LogP contribution in [0.4, 0.5) is 13.2 Å². The van der Waals surface area contributed by atoms with E-state index in [0.29, 0.717) is 0 Å². The van der Waals surface area contributed by atoms with Crippen molar-refractivity contribution in [3.8, 4) is 6.07 Å². The fourth-order valence-electron chi connectivity index (χ4n) is 1.44. The number of aryl methyl sites for hydroxylation is 1. The van der Waals surface area contributed by atoms with Crippen LogP contribution < -0.4 is 0 Å². The van der Waals surface area contributed by atoms with Crippen LogP contribution >= 0.6 is 0 Å². The zero-order valence-corrected chi connectivity index (χ0v) is 8.64. The summed E-state index contributed by atoms with van der Waals surface area (Å²) in [5.74, 6) is -0.705. The summed E-state index contributed by atoms with van der Waals surface area (Å²) in [6.07, 6.45) is -4.70. The van der Waals surface area contributed by atoms with Gasteiger partial charge >= 0.3 is 6.18 Å². The Morgan fingerprint density at radius 1 is 1.38 bits per heavy atom. The summed E-state index contributed by atoms with van der Waals surface area (Å²) in [4.78, 5) is 11.1. The van der Waals surface area contributed by atoms with Gasteiger partial charge in [-0.2, -0.15) is 18.4 Å². The number of ketones is 1. The molecule has 0 spiro atoms. The molecule has 0 amide bonds. The number of rotatable bonds is 1. The molecule has 1 aromatic carbocycles. The van der Waals surface area contributed by atoms with Crippen molar-refractivity contribution in [3.63, 3.8) is 0 Å². The van der Waals surface area contributed by atoms with Crippen molar-refractivity contribution in [2.45, 2.75) is 20.0 Å². The van der Waals surface area contributed by atoms with E-state index in [0.717, 1.165) is 13.0 Å². The molecule has 0 aliphatic carbocycles. The summed E-state index contributed by atoms with van der Waals surface area (Å²) >= 11 is 0. The van der Waals surface area contributed by atoms with Crippen LogP contribution in [0.5, 0.6) is 0 Å². The lowest BCUT2D eigenvalue weighted by molar-refractivity contribution is -0.138. The molecular weight excluding hydrogens is 219 g/mol. The third kappa shape index (κ3) is 2.06. The first-order chi connectivity index (χ1) is 7.29. The number of nitriles is 1. The summed E-state index contributed by atoms with van der Waals surface area (Å²) in [6.45, 7) is 2.44. The fourth-order valence-corrected chi connectivity index (χ4v) is 1.44. The van der Waals surface area contributed by atoms with Crippen molar-refractivity contribution in [1.29, 1.82) is 5.26 Å². The van der Waals surface area contributed by atoms with Crippen LogP contribution in [-0.4, -0.2) is 5.78 Å². The van der Waals surface area contributed by atoms with Crippen LogP contribution in [0.1, 0.15) is 34.0 Å². The Balaban J connectivity index is 3.70. The fraction of sp³-hybridized carbons (Fsp3) is 0.273. The minimum absolute atomic E-state index is 0.208. The number of benzene rings is 1. The highest BCUT2D eigenvalue weighted by atomic mass is 19.4. The van der Waals surface area contributed by atoms with Crippen LogP contribution in [0.15, 0.2) is 12.1 Å². The third-order valence-corrected chi connectivity index (χ3v) is 2.19. The largest absolute Gasteiger partial charge is 0.418 e. The van der Waals surface area contributed by atoms with Crippen molar-refractivity contribution in [2.24, 2.45) is 0 Å². The van der Waals surface area contributed by atoms with E-state index in [2.05, 4.69) is 0 Å². The Labute approximate surface area is 90.3 Å². The maximum atomic E-state index is 12.7. The number of hydrogen-bond donors (Lipinski definition) is 0. The highest BCUT2D eigenvalue weighted by molar-refractivity contribution is 5.96. The molecule has 0 aliphatic rings. The summed E-state index contributed by atoms with van der Waals surface area (Å²) in [5, 5.41) is 8.71. The van der Waals surface area contributed by atoms with E-state index in [9.17, 15) is 18.0 Å². The minimum atomic E-state index is -4.70. The predicted molar refractivity (Wildman–Crippen MR) is 50.9 cm³/mol. The van der Waals surface area contributed by atoms with E-state index in [1.54, 1.807) is 0 Å². The molecule has 0 aromatic heterocycles. The predicted octanol–water partition coefficient (Wildman–Crippen LogP) is 3.09. The Morgan fingerprint density at radius 2 is 1.94 bits per heavy atom. The Hall–Kier alpha value is -1.83. The van der Waals surface area contributed by atoms with Crippen LogP contribution in [-0.2, 0) is 6.18 Å². The molecule has 0 atom stereocenters. The van der Waals surface area contributed by atoms with Crippen LogP contribution in [0.25, 0.3) is 0 Å². The van der Waals surface area contributed by atoms with E-state index >= 15 is 0 Å². The summed E-state index contributed by atoms with van der Waals surface area (Å²) in [5.41, 5.74) is -1.88. The van der Waals surface area contributed by atoms with Gasteiger partial charge in [0.25, 0.3) is 0 Å². The molecule has 16 heavy (non-hydrogen) atoms. The Morgan fingerprint density at radius 3 is 2.31 bits per heavy atom. The first-order valence-corrected chi connectivity index (χ1v) is 4.41. The molecule has 0 radical (unpaired) electrons. The zero-order chi connectivity index (χ0) is 12.5. The van der Waals surface area contributed by atoms with E-state index in [4.69, 9.17) is 5.26 Å². The van der Waals surface area contributed by atoms with Crippen molar-refractivity contribution < 1.29 is 18.0 Å². The Bertz CT molecular complexity index is 483. The van der Waals surface area contributed by atoms with Gasteiger partial charge in [0.05, 0.1) is 11.1 Å². The maximum Gasteiger partial charge on any atom is 0.418 e. The first-order valence-electron chi connectivity index (χ1n) is 4.41.